The number of rotatable bonds is 5. The van der Waals surface area contributed by atoms with Crippen LogP contribution in [0.3, 0.4) is 0 Å². The van der Waals surface area contributed by atoms with E-state index >= 15 is 0 Å². The molecular formula is C20H17N7O2. The Labute approximate surface area is 165 Å². The number of aromatic nitrogens is 2. The Morgan fingerprint density at radius 2 is 2.07 bits per heavy atom. The number of carbonyl (C=O) groups is 1. The fraction of sp³-hybridized carbons (Fsp3) is 0.150. The first-order chi connectivity index (χ1) is 14.0. The first-order valence-electron chi connectivity index (χ1n) is 8.84. The summed E-state index contributed by atoms with van der Waals surface area (Å²) in [5, 5.41) is 18.8. The molecule has 4 rings (SSSR count). The summed E-state index contributed by atoms with van der Waals surface area (Å²) in [6.45, 7) is 0.262. The number of nitrogens with zero attached hydrogens (tertiary/aromatic N) is 6. The van der Waals surface area contributed by atoms with Gasteiger partial charge >= 0.3 is 0 Å². The van der Waals surface area contributed by atoms with Gasteiger partial charge in [0.25, 0.3) is 0 Å². The first kappa shape index (κ1) is 18.3. The van der Waals surface area contributed by atoms with E-state index in [0.717, 1.165) is 16.7 Å². The first-order valence-corrected chi connectivity index (χ1v) is 8.84. The molecule has 1 aliphatic rings. The summed E-state index contributed by atoms with van der Waals surface area (Å²) in [6.07, 6.45) is 0.520. The molecule has 9 heteroatoms. The lowest BCUT2D eigenvalue weighted by Crippen LogP contribution is -2.10. The zero-order chi connectivity index (χ0) is 20.5. The van der Waals surface area contributed by atoms with Crippen molar-refractivity contribution < 1.29 is 9.90 Å². The van der Waals surface area contributed by atoms with Crippen molar-refractivity contribution in [1.29, 1.82) is 0 Å². The maximum atomic E-state index is 11.4. The van der Waals surface area contributed by atoms with Crippen LogP contribution in [0.5, 0.6) is 5.75 Å². The van der Waals surface area contributed by atoms with Crippen LogP contribution in [0, 0.1) is 0 Å². The van der Waals surface area contributed by atoms with E-state index in [1.165, 1.54) is 0 Å². The number of amides is 1. The van der Waals surface area contributed by atoms with Crippen molar-refractivity contribution in [2.45, 2.75) is 13.0 Å². The fourth-order valence-electron chi connectivity index (χ4n) is 3.38. The SMILES string of the molecule is Cn1nc(-c2ccc(CN=[N+]=[N-])cc2)c(O)c1C1=Nc2cc(C(N)=O)ccc2C1. The van der Waals surface area contributed by atoms with Crippen LogP contribution in [-0.2, 0) is 20.0 Å². The number of benzene rings is 2. The van der Waals surface area contributed by atoms with Gasteiger partial charge < -0.3 is 10.8 Å². The summed E-state index contributed by atoms with van der Waals surface area (Å²) < 4.78 is 1.60. The molecule has 1 aliphatic heterocycles. The molecule has 0 saturated heterocycles. The monoisotopic (exact) mass is 387 g/mol. The highest BCUT2D eigenvalue weighted by molar-refractivity contribution is 6.08. The van der Waals surface area contributed by atoms with Crippen molar-refractivity contribution in [2.75, 3.05) is 0 Å². The maximum absolute atomic E-state index is 11.4. The lowest BCUT2D eigenvalue weighted by Gasteiger charge is -2.02. The molecule has 1 aromatic heterocycles. The summed E-state index contributed by atoms with van der Waals surface area (Å²) in [4.78, 5) is 18.7. The van der Waals surface area contributed by atoms with E-state index in [1.54, 1.807) is 23.9 Å². The van der Waals surface area contributed by atoms with Crippen LogP contribution < -0.4 is 5.73 Å². The molecule has 0 spiro atoms. The van der Waals surface area contributed by atoms with Gasteiger partial charge in [0.15, 0.2) is 5.75 Å². The molecule has 2 heterocycles. The predicted molar refractivity (Wildman–Crippen MR) is 108 cm³/mol. The fourth-order valence-corrected chi connectivity index (χ4v) is 3.38. The second-order valence-corrected chi connectivity index (χ2v) is 6.70. The summed E-state index contributed by atoms with van der Waals surface area (Å²) in [5.74, 6) is -0.469. The molecule has 144 valence electrons. The van der Waals surface area contributed by atoms with Gasteiger partial charge in [-0.2, -0.15) is 5.10 Å². The van der Waals surface area contributed by atoms with Crippen molar-refractivity contribution in [3.63, 3.8) is 0 Å². The molecule has 29 heavy (non-hydrogen) atoms. The van der Waals surface area contributed by atoms with Gasteiger partial charge in [-0.05, 0) is 28.8 Å². The van der Waals surface area contributed by atoms with Crippen molar-refractivity contribution in [1.82, 2.24) is 9.78 Å². The number of nitrogens with two attached hydrogens (primary N) is 1. The van der Waals surface area contributed by atoms with Gasteiger partial charge in [0.2, 0.25) is 5.91 Å². The van der Waals surface area contributed by atoms with Gasteiger partial charge in [-0.3, -0.25) is 14.5 Å². The second kappa shape index (κ2) is 7.14. The minimum absolute atomic E-state index is 0.0389. The number of hydrogen-bond acceptors (Lipinski definition) is 5. The molecule has 0 aliphatic carbocycles. The molecule has 0 unspecified atom stereocenters. The summed E-state index contributed by atoms with van der Waals surface area (Å²) >= 11 is 0. The molecule has 3 N–H and O–H groups in total. The van der Waals surface area contributed by atoms with Gasteiger partial charge in [0.1, 0.15) is 11.4 Å². The third-order valence-corrected chi connectivity index (χ3v) is 4.82. The van der Waals surface area contributed by atoms with Gasteiger partial charge in [-0.15, -0.1) is 0 Å². The Hall–Kier alpha value is -4.10. The highest BCUT2D eigenvalue weighted by atomic mass is 16.3. The second-order valence-electron chi connectivity index (χ2n) is 6.70. The van der Waals surface area contributed by atoms with Gasteiger partial charge in [-0.1, -0.05) is 35.4 Å². The Bertz CT molecular complexity index is 1200. The summed E-state index contributed by atoms with van der Waals surface area (Å²) in [7, 11) is 1.74. The van der Waals surface area contributed by atoms with Crippen LogP contribution in [0.4, 0.5) is 5.69 Å². The third kappa shape index (κ3) is 3.30. The predicted octanol–water partition coefficient (Wildman–Crippen LogP) is 3.38. The summed E-state index contributed by atoms with van der Waals surface area (Å²) in [5.41, 5.74) is 19.0. The third-order valence-electron chi connectivity index (χ3n) is 4.82. The zero-order valence-corrected chi connectivity index (χ0v) is 15.6. The van der Waals surface area contributed by atoms with Crippen LogP contribution in [0.2, 0.25) is 0 Å². The minimum Gasteiger partial charge on any atom is -0.504 e. The summed E-state index contributed by atoms with van der Waals surface area (Å²) in [6, 6.07) is 12.4. The van der Waals surface area contributed by atoms with E-state index in [0.29, 0.717) is 34.8 Å². The van der Waals surface area contributed by atoms with Gasteiger partial charge in [-0.25, -0.2) is 0 Å². The zero-order valence-electron chi connectivity index (χ0n) is 15.6. The maximum Gasteiger partial charge on any atom is 0.248 e. The van der Waals surface area contributed by atoms with E-state index in [2.05, 4.69) is 20.1 Å². The Balaban J connectivity index is 1.68. The van der Waals surface area contributed by atoms with E-state index < -0.39 is 5.91 Å². The number of azide groups is 1. The number of aromatic hydroxyl groups is 1. The largest absolute Gasteiger partial charge is 0.504 e. The lowest BCUT2D eigenvalue weighted by atomic mass is 10.0. The Morgan fingerprint density at radius 1 is 1.31 bits per heavy atom. The molecule has 0 atom stereocenters. The van der Waals surface area contributed by atoms with Crippen LogP contribution in [-0.4, -0.2) is 26.5 Å². The molecule has 0 bridgehead atoms. The quantitative estimate of drug-likeness (QED) is 0.393. The smallest absolute Gasteiger partial charge is 0.248 e. The number of fused-ring (bicyclic) bond motifs is 1. The van der Waals surface area contributed by atoms with E-state index in [1.807, 2.05) is 30.3 Å². The molecule has 0 radical (unpaired) electrons. The van der Waals surface area contributed by atoms with Crippen LogP contribution in [0.15, 0.2) is 52.6 Å². The topological polar surface area (TPSA) is 142 Å². The minimum atomic E-state index is -0.508. The highest BCUT2D eigenvalue weighted by Gasteiger charge is 2.25. The van der Waals surface area contributed by atoms with Gasteiger partial charge in [0, 0.05) is 29.5 Å². The molecule has 0 saturated carbocycles. The van der Waals surface area contributed by atoms with Crippen LogP contribution in [0.25, 0.3) is 21.7 Å². The Kier molecular flexibility index (Phi) is 4.50. The van der Waals surface area contributed by atoms with Crippen LogP contribution >= 0.6 is 0 Å². The normalized spacial score (nSPS) is 12.2. The molecule has 9 nitrogen and oxygen atoms in total. The van der Waals surface area contributed by atoms with E-state index in [9.17, 15) is 9.90 Å². The standard InChI is InChI=1S/C20H17N7O2/c1-27-18(16-8-13-6-7-14(20(21)29)9-15(13)24-16)19(28)17(25-27)12-4-2-11(3-5-12)10-23-26-22/h2-7,9,28H,8,10H2,1H3,(H2,21,29). The number of aliphatic imine (C=N–C) groups is 1. The van der Waals surface area contributed by atoms with Crippen molar-refractivity contribution in [3.8, 4) is 17.0 Å². The molecular weight excluding hydrogens is 370 g/mol. The highest BCUT2D eigenvalue weighted by Crippen LogP contribution is 2.36. The van der Waals surface area contributed by atoms with E-state index in [-0.39, 0.29) is 12.3 Å². The molecule has 2 aromatic carbocycles. The Morgan fingerprint density at radius 3 is 2.76 bits per heavy atom. The molecule has 3 aromatic rings. The van der Waals surface area contributed by atoms with Crippen molar-refractivity contribution >= 4 is 17.3 Å². The molecule has 1 amide bonds. The average molecular weight is 387 g/mol. The van der Waals surface area contributed by atoms with E-state index in [4.69, 9.17) is 11.3 Å². The number of aryl methyl sites for hydroxylation is 1. The van der Waals surface area contributed by atoms with Crippen molar-refractivity contribution in [2.24, 2.45) is 22.9 Å². The van der Waals surface area contributed by atoms with Crippen LogP contribution in [0.1, 0.15) is 27.2 Å². The average Bonchev–Trinajstić information content (AvgIpc) is 3.25. The van der Waals surface area contributed by atoms with Gasteiger partial charge in [0.05, 0.1) is 17.9 Å². The lowest BCUT2D eigenvalue weighted by molar-refractivity contribution is 0.100. The molecule has 0 fully saturated rings. The number of carbonyl (C=O) groups excluding carboxylic acids is 1. The van der Waals surface area contributed by atoms with Crippen molar-refractivity contribution in [3.05, 3.63) is 75.3 Å². The number of primary amides is 1. The number of hydrogen-bond donors (Lipinski definition) is 2.